The second-order valence-corrected chi connectivity index (χ2v) is 7.14. The maximum Gasteiger partial charge on any atom is 0.193 e. The fraction of sp³-hybridized carbons (Fsp3) is 0.650. The molecule has 2 heterocycles. The SMILES string of the molecule is CCNC(=NCCc1cc(OC)ccc1OC)N1CCC2(CCOC2)C1.I. The number of rotatable bonds is 6. The van der Waals surface area contributed by atoms with E-state index >= 15 is 0 Å². The molecule has 6 nitrogen and oxygen atoms in total. The van der Waals surface area contributed by atoms with Crippen molar-refractivity contribution in [1.29, 1.82) is 0 Å². The highest BCUT2D eigenvalue weighted by Crippen LogP contribution is 2.38. The Labute approximate surface area is 179 Å². The number of halogens is 1. The van der Waals surface area contributed by atoms with Gasteiger partial charge in [-0.3, -0.25) is 4.99 Å². The number of hydrogen-bond acceptors (Lipinski definition) is 4. The molecule has 3 rings (SSSR count). The van der Waals surface area contributed by atoms with Crippen LogP contribution < -0.4 is 14.8 Å². The number of nitrogens with one attached hydrogen (secondary N) is 1. The van der Waals surface area contributed by atoms with Gasteiger partial charge >= 0.3 is 0 Å². The molecule has 1 unspecified atom stereocenters. The molecule has 2 aliphatic rings. The summed E-state index contributed by atoms with van der Waals surface area (Å²) in [5.74, 6) is 2.74. The predicted molar refractivity (Wildman–Crippen MR) is 119 cm³/mol. The van der Waals surface area contributed by atoms with Gasteiger partial charge in [-0.2, -0.15) is 0 Å². The summed E-state index contributed by atoms with van der Waals surface area (Å²) in [7, 11) is 3.38. The molecule has 1 spiro atoms. The molecule has 152 valence electrons. The molecule has 0 aromatic heterocycles. The molecule has 7 heteroatoms. The third-order valence-electron chi connectivity index (χ3n) is 5.39. The lowest BCUT2D eigenvalue weighted by Gasteiger charge is -2.25. The molecular weight excluding hydrogens is 457 g/mol. The zero-order chi connectivity index (χ0) is 18.4. The van der Waals surface area contributed by atoms with Gasteiger partial charge in [-0.05, 0) is 49.9 Å². The van der Waals surface area contributed by atoms with E-state index in [1.54, 1.807) is 14.2 Å². The van der Waals surface area contributed by atoms with E-state index in [9.17, 15) is 0 Å². The first-order chi connectivity index (χ1) is 12.7. The van der Waals surface area contributed by atoms with Crippen molar-refractivity contribution in [3.05, 3.63) is 23.8 Å². The van der Waals surface area contributed by atoms with Crippen LogP contribution in [-0.4, -0.2) is 64.5 Å². The Bertz CT molecular complexity index is 633. The Morgan fingerprint density at radius 1 is 1.30 bits per heavy atom. The molecule has 27 heavy (non-hydrogen) atoms. The molecule has 0 aliphatic carbocycles. The fourth-order valence-electron chi connectivity index (χ4n) is 3.87. The third-order valence-corrected chi connectivity index (χ3v) is 5.39. The van der Waals surface area contributed by atoms with Gasteiger partial charge in [0.1, 0.15) is 11.5 Å². The summed E-state index contributed by atoms with van der Waals surface area (Å²) in [6.45, 7) is 7.60. The first kappa shape index (κ1) is 22.1. The second kappa shape index (κ2) is 10.4. The maximum absolute atomic E-state index is 5.64. The van der Waals surface area contributed by atoms with Crippen molar-refractivity contribution in [2.45, 2.75) is 26.2 Å². The van der Waals surface area contributed by atoms with Crippen LogP contribution in [0.1, 0.15) is 25.3 Å². The molecule has 2 fully saturated rings. The number of likely N-dealkylation sites (tertiary alicyclic amines) is 1. The maximum atomic E-state index is 5.64. The van der Waals surface area contributed by atoms with Gasteiger partial charge in [0.2, 0.25) is 0 Å². The summed E-state index contributed by atoms with van der Waals surface area (Å²) in [4.78, 5) is 7.26. The van der Waals surface area contributed by atoms with E-state index in [-0.39, 0.29) is 24.0 Å². The van der Waals surface area contributed by atoms with Gasteiger partial charge in [0.25, 0.3) is 0 Å². The van der Waals surface area contributed by atoms with Crippen LogP contribution in [0.4, 0.5) is 0 Å². The lowest BCUT2D eigenvalue weighted by atomic mass is 9.87. The average Bonchev–Trinajstić information content (AvgIpc) is 3.31. The van der Waals surface area contributed by atoms with Crippen molar-refractivity contribution < 1.29 is 14.2 Å². The van der Waals surface area contributed by atoms with Gasteiger partial charge in [-0.25, -0.2) is 0 Å². The molecule has 1 aromatic rings. The monoisotopic (exact) mass is 489 g/mol. The summed E-state index contributed by atoms with van der Waals surface area (Å²) in [5.41, 5.74) is 1.46. The molecule has 0 radical (unpaired) electrons. The van der Waals surface area contributed by atoms with Gasteiger partial charge in [0, 0.05) is 38.2 Å². The Morgan fingerprint density at radius 2 is 2.15 bits per heavy atom. The van der Waals surface area contributed by atoms with Crippen LogP contribution in [0.25, 0.3) is 0 Å². The van der Waals surface area contributed by atoms with Crippen molar-refractivity contribution >= 4 is 29.9 Å². The van der Waals surface area contributed by atoms with E-state index < -0.39 is 0 Å². The number of aliphatic imine (C=N–C) groups is 1. The van der Waals surface area contributed by atoms with Gasteiger partial charge in [-0.15, -0.1) is 24.0 Å². The summed E-state index contributed by atoms with van der Waals surface area (Å²) >= 11 is 0. The topological polar surface area (TPSA) is 55.3 Å². The smallest absolute Gasteiger partial charge is 0.193 e. The third kappa shape index (κ3) is 5.40. The highest BCUT2D eigenvalue weighted by Gasteiger charge is 2.42. The minimum Gasteiger partial charge on any atom is -0.497 e. The van der Waals surface area contributed by atoms with Crippen LogP contribution in [0, 0.1) is 5.41 Å². The highest BCUT2D eigenvalue weighted by molar-refractivity contribution is 14.0. The number of ether oxygens (including phenoxy) is 3. The van der Waals surface area contributed by atoms with Crippen molar-refractivity contribution in [2.75, 3.05) is 53.6 Å². The van der Waals surface area contributed by atoms with Gasteiger partial charge < -0.3 is 24.4 Å². The minimum atomic E-state index is 0. The Kier molecular flexibility index (Phi) is 8.47. The number of hydrogen-bond donors (Lipinski definition) is 1. The van der Waals surface area contributed by atoms with Gasteiger partial charge in [0.15, 0.2) is 5.96 Å². The first-order valence-corrected chi connectivity index (χ1v) is 9.51. The molecule has 0 amide bonds. The van der Waals surface area contributed by atoms with Crippen molar-refractivity contribution in [2.24, 2.45) is 10.4 Å². The molecule has 0 bridgehead atoms. The average molecular weight is 489 g/mol. The van der Waals surface area contributed by atoms with E-state index in [2.05, 4.69) is 17.1 Å². The van der Waals surface area contributed by atoms with Crippen LogP contribution in [-0.2, 0) is 11.2 Å². The minimum absolute atomic E-state index is 0. The fourth-order valence-corrected chi connectivity index (χ4v) is 3.87. The summed E-state index contributed by atoms with van der Waals surface area (Å²) in [6, 6.07) is 5.90. The van der Waals surface area contributed by atoms with E-state index in [0.717, 1.165) is 62.3 Å². The van der Waals surface area contributed by atoms with Crippen LogP contribution in [0.2, 0.25) is 0 Å². The Hall–Kier alpha value is -1.22. The lowest BCUT2D eigenvalue weighted by Crippen LogP contribution is -2.41. The largest absolute Gasteiger partial charge is 0.497 e. The Morgan fingerprint density at radius 3 is 2.81 bits per heavy atom. The van der Waals surface area contributed by atoms with Crippen molar-refractivity contribution in [3.63, 3.8) is 0 Å². The number of guanidine groups is 1. The standard InChI is InChI=1S/C20H31N3O3.HI/c1-4-21-19(23-11-8-20(14-23)9-12-26-15-20)22-10-7-16-13-17(24-2)5-6-18(16)25-3;/h5-6,13H,4,7-12,14-15H2,1-3H3,(H,21,22);1H. The molecule has 2 saturated heterocycles. The zero-order valence-corrected chi connectivity index (χ0v) is 19.0. The highest BCUT2D eigenvalue weighted by atomic mass is 127. The van der Waals surface area contributed by atoms with Crippen LogP contribution in [0.3, 0.4) is 0 Å². The van der Waals surface area contributed by atoms with Crippen LogP contribution in [0.15, 0.2) is 23.2 Å². The summed E-state index contributed by atoms with van der Waals surface area (Å²) in [6.07, 6.45) is 3.18. The molecule has 0 saturated carbocycles. The molecule has 1 N–H and O–H groups in total. The van der Waals surface area contributed by atoms with E-state index in [4.69, 9.17) is 19.2 Å². The van der Waals surface area contributed by atoms with Gasteiger partial charge in [0.05, 0.1) is 20.8 Å². The van der Waals surface area contributed by atoms with Crippen molar-refractivity contribution in [3.8, 4) is 11.5 Å². The van der Waals surface area contributed by atoms with Crippen molar-refractivity contribution in [1.82, 2.24) is 10.2 Å². The molecule has 1 aromatic carbocycles. The summed E-state index contributed by atoms with van der Waals surface area (Å²) < 4.78 is 16.4. The molecular formula is C20H32IN3O3. The van der Waals surface area contributed by atoms with E-state index in [1.165, 1.54) is 12.8 Å². The van der Waals surface area contributed by atoms with E-state index in [1.807, 2.05) is 18.2 Å². The van der Waals surface area contributed by atoms with E-state index in [0.29, 0.717) is 12.0 Å². The molecule has 2 aliphatic heterocycles. The number of benzene rings is 1. The summed E-state index contributed by atoms with van der Waals surface area (Å²) in [5, 5.41) is 3.45. The lowest BCUT2D eigenvalue weighted by molar-refractivity contribution is 0.156. The number of nitrogens with zero attached hydrogens (tertiary/aromatic N) is 2. The second-order valence-electron chi connectivity index (χ2n) is 7.14. The number of methoxy groups -OCH3 is 2. The Balaban J connectivity index is 0.00000261. The molecule has 1 atom stereocenters. The predicted octanol–water partition coefficient (Wildman–Crippen LogP) is 2.94. The van der Waals surface area contributed by atoms with Crippen LogP contribution in [0.5, 0.6) is 11.5 Å². The quantitative estimate of drug-likeness (QED) is 0.379. The van der Waals surface area contributed by atoms with Gasteiger partial charge in [-0.1, -0.05) is 0 Å². The first-order valence-electron chi connectivity index (χ1n) is 9.51. The zero-order valence-electron chi connectivity index (χ0n) is 16.6. The normalized spacial score (nSPS) is 22.0. The van der Waals surface area contributed by atoms with Crippen LogP contribution >= 0.6 is 24.0 Å².